The minimum atomic E-state index is -1.53. The highest BCUT2D eigenvalue weighted by Crippen LogP contribution is 2.42. The molecule has 1 amide bonds. The summed E-state index contributed by atoms with van der Waals surface area (Å²) in [6, 6.07) is 7.68. The molecule has 0 saturated carbocycles. The van der Waals surface area contributed by atoms with E-state index in [0.717, 1.165) is 0 Å². The number of phenols is 1. The van der Waals surface area contributed by atoms with Gasteiger partial charge in [-0.05, 0) is 35.4 Å². The third-order valence-electron chi connectivity index (χ3n) is 4.73. The lowest BCUT2D eigenvalue weighted by Crippen LogP contribution is -2.41. The molecule has 0 bridgehead atoms. The molecule has 1 unspecified atom stereocenters. The van der Waals surface area contributed by atoms with Gasteiger partial charge in [-0.2, -0.15) is 0 Å². The van der Waals surface area contributed by atoms with E-state index in [1.165, 1.54) is 42.9 Å². The zero-order valence-corrected chi connectivity index (χ0v) is 14.8. The molecular weight excluding hydrogens is 365 g/mol. The van der Waals surface area contributed by atoms with Gasteiger partial charge in [-0.15, -0.1) is 0 Å². The van der Waals surface area contributed by atoms with Crippen molar-refractivity contribution in [3.63, 3.8) is 0 Å². The highest BCUT2D eigenvalue weighted by molar-refractivity contribution is 6.09. The third-order valence-corrected chi connectivity index (χ3v) is 4.73. The average molecular weight is 381 g/mol. The van der Waals surface area contributed by atoms with Crippen molar-refractivity contribution in [2.24, 2.45) is 10.7 Å². The number of aliphatic imine (C=N–C) groups is 1. The molecular formula is C19H16FN5O3. The number of phenolic OH excluding ortho intramolecular Hbond substituents is 1. The molecule has 1 aromatic carbocycles. The van der Waals surface area contributed by atoms with Gasteiger partial charge < -0.3 is 15.3 Å². The molecule has 3 aromatic rings. The fraction of sp³-hybridized carbons (Fsp3) is 0.158. The van der Waals surface area contributed by atoms with Crippen LogP contribution < -0.4 is 5.73 Å². The molecule has 142 valence electrons. The normalized spacial score (nSPS) is 19.1. The van der Waals surface area contributed by atoms with Crippen LogP contribution in [0.4, 0.5) is 4.39 Å². The molecule has 2 aromatic heterocycles. The van der Waals surface area contributed by atoms with E-state index >= 15 is 0 Å². The van der Waals surface area contributed by atoms with Crippen molar-refractivity contribution in [3.8, 4) is 17.0 Å². The fourth-order valence-electron chi connectivity index (χ4n) is 3.27. The number of pyridine rings is 1. The lowest BCUT2D eigenvalue weighted by atomic mass is 9.82. The summed E-state index contributed by atoms with van der Waals surface area (Å²) in [4.78, 5) is 26.9. The molecule has 1 atom stereocenters. The maximum Gasteiger partial charge on any atom is 0.266 e. The monoisotopic (exact) mass is 381 g/mol. The minimum Gasteiger partial charge on any atom is -0.507 e. The Labute approximate surface area is 159 Å². The third kappa shape index (κ3) is 2.51. The van der Waals surface area contributed by atoms with Gasteiger partial charge in [0.2, 0.25) is 0 Å². The van der Waals surface area contributed by atoms with Crippen molar-refractivity contribution >= 4 is 11.9 Å². The topological polar surface area (TPSA) is 118 Å². The smallest absolute Gasteiger partial charge is 0.266 e. The maximum absolute atomic E-state index is 13.2. The number of hydrogen-bond donors (Lipinski definition) is 2. The summed E-state index contributed by atoms with van der Waals surface area (Å²) < 4.78 is 18.2. The van der Waals surface area contributed by atoms with Crippen molar-refractivity contribution in [2.75, 3.05) is 7.05 Å². The number of amides is 1. The number of benzene rings is 1. The van der Waals surface area contributed by atoms with E-state index < -0.39 is 18.1 Å². The van der Waals surface area contributed by atoms with Gasteiger partial charge in [0.1, 0.15) is 24.4 Å². The number of carbonyl (C=O) groups is 1. The molecule has 1 aliphatic heterocycles. The van der Waals surface area contributed by atoms with Crippen molar-refractivity contribution < 1.29 is 18.7 Å². The minimum absolute atomic E-state index is 0.0275. The summed E-state index contributed by atoms with van der Waals surface area (Å²) in [5.41, 5.74) is 6.20. The van der Waals surface area contributed by atoms with Crippen LogP contribution in [0.1, 0.15) is 16.8 Å². The second-order valence-corrected chi connectivity index (χ2v) is 6.32. The summed E-state index contributed by atoms with van der Waals surface area (Å²) in [6.45, 7) is -0.785. The van der Waals surface area contributed by atoms with Gasteiger partial charge in [0.05, 0.1) is 5.69 Å². The number of alkyl halides is 1. The van der Waals surface area contributed by atoms with E-state index in [2.05, 4.69) is 15.0 Å². The Hall–Kier alpha value is -3.75. The molecule has 0 fully saturated rings. The molecule has 8 nitrogen and oxygen atoms in total. The zero-order valence-electron chi connectivity index (χ0n) is 14.8. The van der Waals surface area contributed by atoms with Gasteiger partial charge in [0.25, 0.3) is 5.91 Å². The molecule has 0 spiro atoms. The second kappa shape index (κ2) is 6.45. The Morgan fingerprint density at radius 1 is 1.25 bits per heavy atom. The number of guanidine groups is 1. The highest BCUT2D eigenvalue weighted by atomic mass is 19.1. The van der Waals surface area contributed by atoms with E-state index in [1.54, 1.807) is 18.2 Å². The summed E-state index contributed by atoms with van der Waals surface area (Å²) >= 11 is 0. The van der Waals surface area contributed by atoms with E-state index in [-0.39, 0.29) is 17.4 Å². The number of hydrogen-bond acceptors (Lipinski definition) is 7. The van der Waals surface area contributed by atoms with Crippen LogP contribution in [-0.4, -0.2) is 38.9 Å². The van der Waals surface area contributed by atoms with Crippen molar-refractivity contribution in [1.82, 2.24) is 14.9 Å². The number of likely N-dealkylation sites (N-methyl/N-ethyl adjacent to an activating group) is 1. The largest absolute Gasteiger partial charge is 0.507 e. The Morgan fingerprint density at radius 2 is 2.04 bits per heavy atom. The fourth-order valence-corrected chi connectivity index (χ4v) is 3.27. The van der Waals surface area contributed by atoms with Gasteiger partial charge in [-0.1, -0.05) is 6.07 Å². The molecule has 0 saturated heterocycles. The second-order valence-electron chi connectivity index (χ2n) is 6.32. The van der Waals surface area contributed by atoms with Crippen LogP contribution in [0.2, 0.25) is 0 Å². The van der Waals surface area contributed by atoms with Crippen LogP contribution >= 0.6 is 0 Å². The van der Waals surface area contributed by atoms with Crippen LogP contribution in [0.15, 0.2) is 58.6 Å². The van der Waals surface area contributed by atoms with Gasteiger partial charge in [0.15, 0.2) is 17.9 Å². The first kappa shape index (κ1) is 17.7. The first-order chi connectivity index (χ1) is 13.5. The number of aromatic hydroxyl groups is 1. The molecule has 3 heterocycles. The molecule has 0 radical (unpaired) electrons. The summed E-state index contributed by atoms with van der Waals surface area (Å²) in [5.74, 6) is -0.416. The molecule has 4 rings (SSSR count). The first-order valence-corrected chi connectivity index (χ1v) is 8.34. The predicted molar refractivity (Wildman–Crippen MR) is 97.8 cm³/mol. The number of rotatable bonds is 4. The van der Waals surface area contributed by atoms with Crippen molar-refractivity contribution in [3.05, 3.63) is 66.0 Å². The Kier molecular flexibility index (Phi) is 4.07. The lowest BCUT2D eigenvalue weighted by molar-refractivity contribution is -0.129. The van der Waals surface area contributed by atoms with E-state index in [9.17, 15) is 14.3 Å². The average Bonchev–Trinajstić information content (AvgIpc) is 3.32. The van der Waals surface area contributed by atoms with E-state index in [1.807, 2.05) is 0 Å². The molecule has 9 heteroatoms. The van der Waals surface area contributed by atoms with Gasteiger partial charge in [-0.3, -0.25) is 14.7 Å². The van der Waals surface area contributed by atoms with E-state index in [0.29, 0.717) is 22.4 Å². The summed E-state index contributed by atoms with van der Waals surface area (Å²) in [5, 5.41) is 10.3. The Morgan fingerprint density at radius 3 is 2.68 bits per heavy atom. The summed E-state index contributed by atoms with van der Waals surface area (Å²) in [6.07, 6.45) is 4.03. The van der Waals surface area contributed by atoms with Gasteiger partial charge in [0, 0.05) is 18.8 Å². The Balaban J connectivity index is 1.98. The van der Waals surface area contributed by atoms with Crippen LogP contribution in [-0.2, 0) is 17.0 Å². The number of halogens is 1. The van der Waals surface area contributed by atoms with Gasteiger partial charge in [-0.25, -0.2) is 14.4 Å². The number of aromatic nitrogens is 2. The number of carbonyl (C=O) groups excluding carboxylic acids is 1. The van der Waals surface area contributed by atoms with Crippen LogP contribution in [0.3, 0.4) is 0 Å². The molecule has 28 heavy (non-hydrogen) atoms. The van der Waals surface area contributed by atoms with Crippen LogP contribution in [0, 0.1) is 0 Å². The van der Waals surface area contributed by atoms with Crippen LogP contribution in [0.25, 0.3) is 11.3 Å². The zero-order chi connectivity index (χ0) is 19.9. The number of nitrogens with zero attached hydrogens (tertiary/aromatic N) is 4. The lowest BCUT2D eigenvalue weighted by Gasteiger charge is -2.26. The number of nitrogens with two attached hydrogens (primary N) is 1. The standard InChI is InChI=1S/C19H16FN5O3/c1-25-17(27)19(24-18(25)21,12-4-5-22-13(6-12)8-20)11-2-3-16(26)14(7-11)15-9-28-10-23-15/h2-7,9-10,26H,8H2,1H3,(H2,21,24). The highest BCUT2D eigenvalue weighted by Gasteiger charge is 2.50. The van der Waals surface area contributed by atoms with Gasteiger partial charge >= 0.3 is 0 Å². The molecule has 3 N–H and O–H groups in total. The van der Waals surface area contributed by atoms with Crippen molar-refractivity contribution in [2.45, 2.75) is 12.2 Å². The Bertz CT molecular complexity index is 1080. The molecule has 0 aliphatic carbocycles. The number of oxazole rings is 1. The summed E-state index contributed by atoms with van der Waals surface area (Å²) in [7, 11) is 1.51. The first-order valence-electron chi connectivity index (χ1n) is 8.34. The van der Waals surface area contributed by atoms with E-state index in [4.69, 9.17) is 10.2 Å². The SMILES string of the molecule is CN1C(=O)C(c2ccnc(CF)c2)(c2ccc(O)c(-c3cocn3)c2)N=C1N. The predicted octanol–water partition coefficient (Wildman–Crippen LogP) is 1.94. The quantitative estimate of drug-likeness (QED) is 0.713. The molecule has 1 aliphatic rings. The van der Waals surface area contributed by atoms with Crippen molar-refractivity contribution in [1.29, 1.82) is 0 Å². The maximum atomic E-state index is 13.2. The van der Waals surface area contributed by atoms with Crippen LogP contribution in [0.5, 0.6) is 5.75 Å².